The fourth-order valence-electron chi connectivity index (χ4n) is 3.50. The standard InChI is InChI=1S/C15H30N4/c1-13(2)12-17-14(18-16)19-10-8-15(9-11-19)6-4-3-5-7-15/h13H,3-12,16H2,1-2H3,(H,17,18). The molecule has 0 unspecified atom stereocenters. The molecule has 2 fully saturated rings. The quantitative estimate of drug-likeness (QED) is 0.349. The van der Waals surface area contributed by atoms with E-state index in [1.54, 1.807) is 0 Å². The van der Waals surface area contributed by atoms with Crippen LogP contribution in [0, 0.1) is 11.3 Å². The van der Waals surface area contributed by atoms with Crippen LogP contribution >= 0.6 is 0 Å². The number of likely N-dealkylation sites (tertiary alicyclic amines) is 1. The molecule has 0 aromatic rings. The van der Waals surface area contributed by atoms with Crippen molar-refractivity contribution in [1.82, 2.24) is 10.3 Å². The first-order chi connectivity index (χ1) is 9.15. The van der Waals surface area contributed by atoms with E-state index in [2.05, 4.69) is 29.2 Å². The fraction of sp³-hybridized carbons (Fsp3) is 0.933. The maximum Gasteiger partial charge on any atom is 0.208 e. The van der Waals surface area contributed by atoms with Gasteiger partial charge in [0.05, 0.1) is 0 Å². The number of nitrogens with two attached hydrogens (primary N) is 1. The molecule has 1 saturated heterocycles. The molecule has 3 N–H and O–H groups in total. The van der Waals surface area contributed by atoms with Gasteiger partial charge in [-0.3, -0.25) is 10.4 Å². The van der Waals surface area contributed by atoms with Gasteiger partial charge in [0, 0.05) is 19.6 Å². The molecule has 0 aromatic heterocycles. The second kappa shape index (κ2) is 6.60. The first-order valence-electron chi connectivity index (χ1n) is 7.91. The van der Waals surface area contributed by atoms with Gasteiger partial charge in [0.15, 0.2) is 0 Å². The van der Waals surface area contributed by atoms with E-state index in [9.17, 15) is 0 Å². The summed E-state index contributed by atoms with van der Waals surface area (Å²) in [7, 11) is 0. The number of hydrogen-bond acceptors (Lipinski definition) is 2. The van der Waals surface area contributed by atoms with Crippen molar-refractivity contribution >= 4 is 5.96 Å². The van der Waals surface area contributed by atoms with Crippen molar-refractivity contribution in [3.63, 3.8) is 0 Å². The van der Waals surface area contributed by atoms with Crippen molar-refractivity contribution in [2.75, 3.05) is 19.6 Å². The average Bonchev–Trinajstić information content (AvgIpc) is 2.42. The number of rotatable bonds is 2. The van der Waals surface area contributed by atoms with Gasteiger partial charge >= 0.3 is 0 Å². The molecule has 2 aliphatic rings. The summed E-state index contributed by atoms with van der Waals surface area (Å²) in [6.07, 6.45) is 9.82. The molecule has 1 heterocycles. The minimum absolute atomic E-state index is 0.581. The van der Waals surface area contributed by atoms with Gasteiger partial charge in [-0.05, 0) is 37.0 Å². The molecule has 0 aromatic carbocycles. The van der Waals surface area contributed by atoms with Crippen LogP contribution in [0.5, 0.6) is 0 Å². The highest BCUT2D eigenvalue weighted by molar-refractivity contribution is 5.79. The highest BCUT2D eigenvalue weighted by Crippen LogP contribution is 2.44. The molecule has 110 valence electrons. The molecular formula is C15H30N4. The van der Waals surface area contributed by atoms with Gasteiger partial charge in [0.25, 0.3) is 0 Å². The first-order valence-corrected chi connectivity index (χ1v) is 7.91. The lowest BCUT2D eigenvalue weighted by Crippen LogP contribution is -2.50. The van der Waals surface area contributed by atoms with Crippen LogP contribution in [0.2, 0.25) is 0 Å². The van der Waals surface area contributed by atoms with Crippen LogP contribution in [0.4, 0.5) is 0 Å². The molecule has 0 atom stereocenters. The highest BCUT2D eigenvalue weighted by Gasteiger charge is 2.36. The van der Waals surface area contributed by atoms with Crippen LogP contribution < -0.4 is 11.3 Å². The molecule has 1 saturated carbocycles. The molecule has 2 rings (SSSR count). The number of guanidine groups is 1. The molecular weight excluding hydrogens is 236 g/mol. The minimum atomic E-state index is 0.581. The monoisotopic (exact) mass is 266 g/mol. The Morgan fingerprint density at radius 1 is 1.16 bits per heavy atom. The molecule has 4 heteroatoms. The van der Waals surface area contributed by atoms with Crippen LogP contribution in [0.15, 0.2) is 4.99 Å². The third-order valence-corrected chi connectivity index (χ3v) is 4.77. The summed E-state index contributed by atoms with van der Waals surface area (Å²) in [5.74, 6) is 7.11. The van der Waals surface area contributed by atoms with E-state index >= 15 is 0 Å². The normalized spacial score (nSPS) is 24.0. The maximum atomic E-state index is 5.64. The molecule has 19 heavy (non-hydrogen) atoms. The lowest BCUT2D eigenvalue weighted by atomic mass is 9.68. The average molecular weight is 266 g/mol. The Labute approximate surface area is 117 Å². The number of aliphatic imine (C=N–C) groups is 1. The molecule has 1 aliphatic carbocycles. The summed E-state index contributed by atoms with van der Waals surface area (Å²) < 4.78 is 0. The second-order valence-corrected chi connectivity index (χ2v) is 6.75. The Hall–Kier alpha value is -0.770. The first kappa shape index (κ1) is 14.6. The largest absolute Gasteiger partial charge is 0.342 e. The summed E-state index contributed by atoms with van der Waals surface area (Å²) >= 11 is 0. The van der Waals surface area contributed by atoms with Gasteiger partial charge in [0.2, 0.25) is 5.96 Å². The maximum absolute atomic E-state index is 5.64. The number of piperidine rings is 1. The predicted octanol–water partition coefficient (Wildman–Crippen LogP) is 2.51. The number of nitrogens with zero attached hydrogens (tertiary/aromatic N) is 2. The van der Waals surface area contributed by atoms with Gasteiger partial charge in [-0.2, -0.15) is 0 Å². The fourth-order valence-corrected chi connectivity index (χ4v) is 3.50. The van der Waals surface area contributed by atoms with E-state index < -0.39 is 0 Å². The van der Waals surface area contributed by atoms with Gasteiger partial charge in [-0.15, -0.1) is 0 Å². The zero-order valence-electron chi connectivity index (χ0n) is 12.6. The van der Waals surface area contributed by atoms with Crippen molar-refractivity contribution in [2.24, 2.45) is 22.2 Å². The molecule has 1 spiro atoms. The van der Waals surface area contributed by atoms with Crippen LogP contribution in [0.3, 0.4) is 0 Å². The molecule has 4 nitrogen and oxygen atoms in total. The lowest BCUT2D eigenvalue weighted by molar-refractivity contribution is 0.0962. The Morgan fingerprint density at radius 2 is 1.79 bits per heavy atom. The second-order valence-electron chi connectivity index (χ2n) is 6.75. The molecule has 0 bridgehead atoms. The van der Waals surface area contributed by atoms with E-state index in [1.165, 1.54) is 44.9 Å². The topological polar surface area (TPSA) is 53.6 Å². The zero-order chi connectivity index (χ0) is 13.7. The molecule has 1 aliphatic heterocycles. The third kappa shape index (κ3) is 3.85. The lowest BCUT2D eigenvalue weighted by Gasteiger charge is -2.45. The van der Waals surface area contributed by atoms with E-state index in [-0.39, 0.29) is 0 Å². The van der Waals surface area contributed by atoms with E-state index in [1.807, 2.05) is 0 Å². The highest BCUT2D eigenvalue weighted by atomic mass is 15.4. The van der Waals surface area contributed by atoms with E-state index in [4.69, 9.17) is 5.84 Å². The van der Waals surface area contributed by atoms with Gasteiger partial charge in [0.1, 0.15) is 0 Å². The number of nitrogens with one attached hydrogen (secondary N) is 1. The van der Waals surface area contributed by atoms with Crippen molar-refractivity contribution in [1.29, 1.82) is 0 Å². The van der Waals surface area contributed by atoms with Crippen LogP contribution in [-0.4, -0.2) is 30.5 Å². The summed E-state index contributed by atoms with van der Waals surface area (Å²) in [6, 6.07) is 0. The number of hydrazine groups is 1. The van der Waals surface area contributed by atoms with Crippen molar-refractivity contribution in [3.8, 4) is 0 Å². The van der Waals surface area contributed by atoms with Crippen LogP contribution in [0.1, 0.15) is 58.8 Å². The summed E-state index contributed by atoms with van der Waals surface area (Å²) in [5, 5.41) is 0. The van der Waals surface area contributed by atoms with Gasteiger partial charge in [-0.25, -0.2) is 5.84 Å². The summed E-state index contributed by atoms with van der Waals surface area (Å²) in [4.78, 5) is 6.94. The Morgan fingerprint density at radius 3 is 2.32 bits per heavy atom. The molecule has 0 radical (unpaired) electrons. The third-order valence-electron chi connectivity index (χ3n) is 4.77. The van der Waals surface area contributed by atoms with Crippen molar-refractivity contribution < 1.29 is 0 Å². The SMILES string of the molecule is CC(C)CN=C(NN)N1CCC2(CCCCC2)CC1. The van der Waals surface area contributed by atoms with Crippen LogP contribution in [0.25, 0.3) is 0 Å². The van der Waals surface area contributed by atoms with Crippen LogP contribution in [-0.2, 0) is 0 Å². The van der Waals surface area contributed by atoms with Gasteiger partial charge < -0.3 is 4.90 Å². The number of hydrogen-bond donors (Lipinski definition) is 2. The zero-order valence-corrected chi connectivity index (χ0v) is 12.6. The smallest absolute Gasteiger partial charge is 0.208 e. The molecule has 0 amide bonds. The van der Waals surface area contributed by atoms with Gasteiger partial charge in [-0.1, -0.05) is 33.1 Å². The minimum Gasteiger partial charge on any atom is -0.342 e. The van der Waals surface area contributed by atoms with Crippen molar-refractivity contribution in [2.45, 2.75) is 58.8 Å². The summed E-state index contributed by atoms with van der Waals surface area (Å²) in [5.41, 5.74) is 3.44. The Balaban J connectivity index is 1.88. The summed E-state index contributed by atoms with van der Waals surface area (Å²) in [6.45, 7) is 7.44. The van der Waals surface area contributed by atoms with E-state index in [0.29, 0.717) is 11.3 Å². The Bertz CT molecular complexity index is 295. The van der Waals surface area contributed by atoms with Crippen molar-refractivity contribution in [3.05, 3.63) is 0 Å². The Kier molecular flexibility index (Phi) is 5.08. The van der Waals surface area contributed by atoms with E-state index in [0.717, 1.165) is 25.6 Å². The predicted molar refractivity (Wildman–Crippen MR) is 80.8 cm³/mol.